The van der Waals surface area contributed by atoms with Gasteiger partial charge in [0, 0.05) is 19.0 Å². The van der Waals surface area contributed by atoms with Crippen molar-refractivity contribution in [3.63, 3.8) is 0 Å². The van der Waals surface area contributed by atoms with E-state index in [9.17, 15) is 9.59 Å². The maximum Gasteiger partial charge on any atom is 0.246 e. The average Bonchev–Trinajstić information content (AvgIpc) is 2.80. The maximum absolute atomic E-state index is 11.5. The number of nitrogens with one attached hydrogen (secondary N) is 1. The Morgan fingerprint density at radius 3 is 3.00 bits per heavy atom. The van der Waals surface area contributed by atoms with Crippen molar-refractivity contribution < 1.29 is 9.59 Å². The van der Waals surface area contributed by atoms with Gasteiger partial charge >= 0.3 is 0 Å². The van der Waals surface area contributed by atoms with E-state index >= 15 is 0 Å². The molecule has 0 radical (unpaired) electrons. The Morgan fingerprint density at radius 1 is 1.67 bits per heavy atom. The first-order valence-electron chi connectivity index (χ1n) is 4.59. The van der Waals surface area contributed by atoms with Crippen molar-refractivity contribution in [2.45, 2.75) is 19.0 Å². The number of hydrogen-bond acceptors (Lipinski definition) is 5. The predicted molar refractivity (Wildman–Crippen MR) is 55.1 cm³/mol. The normalized spacial score (nSPS) is 21.4. The Hall–Kier alpha value is -1.27. The maximum atomic E-state index is 11.5. The number of thiazole rings is 1. The number of likely N-dealkylation sites (N-methyl/N-ethyl adjacent to an activating group) is 1. The Bertz CT molecular complexity index is 377. The highest BCUT2D eigenvalue weighted by molar-refractivity contribution is 7.07. The lowest BCUT2D eigenvalue weighted by molar-refractivity contribution is -0.137. The van der Waals surface area contributed by atoms with Crippen LogP contribution in [-0.4, -0.2) is 34.8 Å². The highest BCUT2D eigenvalue weighted by Gasteiger charge is 2.35. The number of amides is 2. The first-order valence-corrected chi connectivity index (χ1v) is 5.53. The molecule has 1 aromatic rings. The molecular weight excluding hydrogens is 214 g/mol. The number of imide groups is 1. The van der Waals surface area contributed by atoms with Crippen LogP contribution in [-0.2, 0) is 16.1 Å². The number of nitrogens with zero attached hydrogens (tertiary/aromatic N) is 2. The van der Waals surface area contributed by atoms with Crippen LogP contribution in [0.1, 0.15) is 12.1 Å². The van der Waals surface area contributed by atoms with Gasteiger partial charge in [-0.3, -0.25) is 19.8 Å². The smallest absolute Gasteiger partial charge is 0.246 e. The van der Waals surface area contributed by atoms with E-state index in [-0.39, 0.29) is 24.3 Å². The van der Waals surface area contributed by atoms with E-state index in [2.05, 4.69) is 10.3 Å². The van der Waals surface area contributed by atoms with Gasteiger partial charge in [-0.25, -0.2) is 4.98 Å². The molecule has 5 nitrogen and oxygen atoms in total. The molecule has 0 aromatic carbocycles. The molecule has 80 valence electrons. The molecule has 0 saturated carbocycles. The van der Waals surface area contributed by atoms with Crippen LogP contribution in [0.25, 0.3) is 0 Å². The quantitative estimate of drug-likeness (QED) is 0.735. The number of carbonyl (C=O) groups excluding carboxylic acids is 2. The lowest BCUT2D eigenvalue weighted by atomic mass is 10.2. The van der Waals surface area contributed by atoms with Gasteiger partial charge in [0.15, 0.2) is 0 Å². The van der Waals surface area contributed by atoms with Gasteiger partial charge < -0.3 is 0 Å². The van der Waals surface area contributed by atoms with Crippen molar-refractivity contribution in [2.24, 2.45) is 0 Å². The lowest BCUT2D eigenvalue weighted by Gasteiger charge is -2.09. The first-order chi connectivity index (χ1) is 7.18. The zero-order chi connectivity index (χ0) is 10.8. The second-order valence-electron chi connectivity index (χ2n) is 3.41. The highest BCUT2D eigenvalue weighted by Crippen LogP contribution is 2.11. The van der Waals surface area contributed by atoms with E-state index in [4.69, 9.17) is 0 Å². The van der Waals surface area contributed by atoms with Gasteiger partial charge in [0.2, 0.25) is 11.8 Å². The summed E-state index contributed by atoms with van der Waals surface area (Å²) in [4.78, 5) is 28.0. The SMILES string of the molecule is CN1C(=O)CC(NCc2cscn2)C1=O. The molecule has 2 amide bonds. The fourth-order valence-corrected chi connectivity index (χ4v) is 2.03. The third-order valence-corrected chi connectivity index (χ3v) is 3.03. The minimum atomic E-state index is -0.385. The van der Waals surface area contributed by atoms with Gasteiger partial charge in [-0.05, 0) is 0 Å². The zero-order valence-electron chi connectivity index (χ0n) is 8.27. The van der Waals surface area contributed by atoms with Crippen molar-refractivity contribution in [3.05, 3.63) is 16.6 Å². The molecule has 1 aromatic heterocycles. The van der Waals surface area contributed by atoms with Crippen LogP contribution in [0.5, 0.6) is 0 Å². The number of carbonyl (C=O) groups is 2. The van der Waals surface area contributed by atoms with Crippen LogP contribution >= 0.6 is 11.3 Å². The van der Waals surface area contributed by atoms with E-state index < -0.39 is 0 Å². The largest absolute Gasteiger partial charge is 0.300 e. The molecular formula is C9H11N3O2S. The third kappa shape index (κ3) is 2.05. The number of hydrogen-bond donors (Lipinski definition) is 1. The van der Waals surface area contributed by atoms with E-state index in [0.717, 1.165) is 5.69 Å². The summed E-state index contributed by atoms with van der Waals surface area (Å²) in [5, 5.41) is 4.94. The highest BCUT2D eigenvalue weighted by atomic mass is 32.1. The zero-order valence-corrected chi connectivity index (χ0v) is 9.08. The van der Waals surface area contributed by atoms with Gasteiger partial charge in [0.05, 0.1) is 23.7 Å². The molecule has 2 heterocycles. The van der Waals surface area contributed by atoms with Crippen molar-refractivity contribution in [1.82, 2.24) is 15.2 Å². The monoisotopic (exact) mass is 225 g/mol. The number of likely N-dealkylation sites (tertiary alicyclic amines) is 1. The van der Waals surface area contributed by atoms with Crippen molar-refractivity contribution in [2.75, 3.05) is 7.05 Å². The second kappa shape index (κ2) is 4.08. The molecule has 1 unspecified atom stereocenters. The predicted octanol–water partition coefficient (Wildman–Crippen LogP) is -0.0100. The number of aromatic nitrogens is 1. The van der Waals surface area contributed by atoms with Gasteiger partial charge in [-0.1, -0.05) is 0 Å². The van der Waals surface area contributed by atoms with Crippen LogP contribution in [0.4, 0.5) is 0 Å². The summed E-state index contributed by atoms with van der Waals surface area (Å²) in [6, 6.07) is -0.385. The molecule has 0 bridgehead atoms. The van der Waals surface area contributed by atoms with Crippen LogP contribution in [0, 0.1) is 0 Å². The molecule has 6 heteroatoms. The van der Waals surface area contributed by atoms with E-state index in [1.165, 1.54) is 23.3 Å². The van der Waals surface area contributed by atoms with Crippen LogP contribution in [0.3, 0.4) is 0 Å². The molecule has 1 N–H and O–H groups in total. The van der Waals surface area contributed by atoms with Gasteiger partial charge in [-0.15, -0.1) is 11.3 Å². The van der Waals surface area contributed by atoms with E-state index in [1.807, 2.05) is 5.38 Å². The summed E-state index contributed by atoms with van der Waals surface area (Å²) in [6.07, 6.45) is 0.249. The van der Waals surface area contributed by atoms with Crippen LogP contribution in [0.15, 0.2) is 10.9 Å². The molecule has 1 aliphatic heterocycles. The topological polar surface area (TPSA) is 62.3 Å². The minimum Gasteiger partial charge on any atom is -0.300 e. The Labute approximate surface area is 91.1 Å². The summed E-state index contributed by atoms with van der Waals surface area (Å²) in [5.41, 5.74) is 2.64. The molecule has 1 fully saturated rings. The standard InChI is InChI=1S/C9H11N3O2S/c1-12-8(13)2-7(9(12)14)10-3-6-4-15-5-11-6/h4-5,7,10H,2-3H2,1H3. The molecule has 0 aliphatic carbocycles. The Morgan fingerprint density at radius 2 is 2.47 bits per heavy atom. The summed E-state index contributed by atoms with van der Waals surface area (Å²) < 4.78 is 0. The summed E-state index contributed by atoms with van der Waals surface area (Å²) >= 11 is 1.51. The van der Waals surface area contributed by atoms with Gasteiger partial charge in [-0.2, -0.15) is 0 Å². The molecule has 2 rings (SSSR count). The van der Waals surface area contributed by atoms with Crippen molar-refractivity contribution in [3.8, 4) is 0 Å². The van der Waals surface area contributed by atoms with Gasteiger partial charge in [0.1, 0.15) is 0 Å². The first kappa shape index (κ1) is 10.3. The third-order valence-electron chi connectivity index (χ3n) is 2.39. The Kier molecular flexibility index (Phi) is 2.79. The summed E-state index contributed by atoms with van der Waals surface area (Å²) in [7, 11) is 1.51. The molecule has 1 saturated heterocycles. The van der Waals surface area contributed by atoms with Crippen molar-refractivity contribution >= 4 is 23.2 Å². The number of rotatable bonds is 3. The molecule has 0 spiro atoms. The van der Waals surface area contributed by atoms with Crippen LogP contribution < -0.4 is 5.32 Å². The van der Waals surface area contributed by atoms with Gasteiger partial charge in [0.25, 0.3) is 0 Å². The fraction of sp³-hybridized carbons (Fsp3) is 0.444. The average molecular weight is 225 g/mol. The summed E-state index contributed by atoms with van der Waals surface area (Å²) in [6.45, 7) is 0.529. The molecule has 15 heavy (non-hydrogen) atoms. The lowest BCUT2D eigenvalue weighted by Crippen LogP contribution is -2.36. The molecule has 1 atom stereocenters. The van der Waals surface area contributed by atoms with Crippen LogP contribution in [0.2, 0.25) is 0 Å². The minimum absolute atomic E-state index is 0.129. The fourth-order valence-electron chi connectivity index (χ4n) is 1.47. The van der Waals surface area contributed by atoms with E-state index in [1.54, 1.807) is 5.51 Å². The van der Waals surface area contributed by atoms with Crippen molar-refractivity contribution in [1.29, 1.82) is 0 Å². The van der Waals surface area contributed by atoms with E-state index in [0.29, 0.717) is 6.54 Å². The second-order valence-corrected chi connectivity index (χ2v) is 4.13. The molecule has 1 aliphatic rings. The summed E-state index contributed by atoms with van der Waals surface area (Å²) in [5.74, 6) is -0.286. The Balaban J connectivity index is 1.91.